The predicted molar refractivity (Wildman–Crippen MR) is 88.9 cm³/mol. The van der Waals surface area contributed by atoms with Gasteiger partial charge >= 0.3 is 11.9 Å². The fourth-order valence-corrected chi connectivity index (χ4v) is 2.64. The summed E-state index contributed by atoms with van der Waals surface area (Å²) in [4.78, 5) is 23.3. The Bertz CT molecular complexity index is 687. The Morgan fingerprint density at radius 1 is 0.957 bits per heavy atom. The number of esters is 2. The van der Waals surface area contributed by atoms with E-state index in [9.17, 15) is 9.59 Å². The van der Waals surface area contributed by atoms with E-state index in [-0.39, 0.29) is 36.8 Å². The minimum absolute atomic E-state index is 0.102. The second-order valence-corrected chi connectivity index (χ2v) is 5.79. The van der Waals surface area contributed by atoms with Crippen molar-refractivity contribution in [1.29, 1.82) is 0 Å². The number of ether oxygens (including phenoxy) is 2. The average Bonchev–Trinajstić information content (AvgIpc) is 2.53. The first-order valence-corrected chi connectivity index (χ1v) is 7.75. The van der Waals surface area contributed by atoms with E-state index in [0.29, 0.717) is 0 Å². The second kappa shape index (κ2) is 7.77. The molecule has 0 saturated heterocycles. The summed E-state index contributed by atoms with van der Waals surface area (Å²) in [6.45, 7) is 3.70. The van der Waals surface area contributed by atoms with Crippen LogP contribution in [0.25, 0.3) is 10.8 Å². The maximum Gasteiger partial charge on any atom is 0.306 e. The van der Waals surface area contributed by atoms with Crippen LogP contribution < -0.4 is 0 Å². The Balaban J connectivity index is 2.02. The molecule has 0 heterocycles. The smallest absolute Gasteiger partial charge is 0.306 e. The Morgan fingerprint density at radius 3 is 2.35 bits per heavy atom. The first kappa shape index (κ1) is 17.0. The number of benzene rings is 2. The van der Waals surface area contributed by atoms with Crippen LogP contribution in [0.3, 0.4) is 0 Å². The lowest BCUT2D eigenvalue weighted by molar-refractivity contribution is -0.150. The molecule has 4 nitrogen and oxygen atoms in total. The highest BCUT2D eigenvalue weighted by atomic mass is 16.5. The molecule has 0 unspecified atom stereocenters. The maximum atomic E-state index is 12.1. The molecule has 23 heavy (non-hydrogen) atoms. The van der Waals surface area contributed by atoms with Crippen molar-refractivity contribution in [2.24, 2.45) is 5.92 Å². The van der Waals surface area contributed by atoms with Gasteiger partial charge in [-0.3, -0.25) is 9.59 Å². The molecule has 0 amide bonds. The first-order chi connectivity index (χ1) is 11.0. The molecule has 2 aromatic rings. The highest BCUT2D eigenvalue weighted by molar-refractivity contribution is 5.86. The quantitative estimate of drug-likeness (QED) is 0.755. The zero-order chi connectivity index (χ0) is 16.8. The van der Waals surface area contributed by atoms with Crippen molar-refractivity contribution in [2.45, 2.75) is 32.8 Å². The standard InChI is InChI=1S/C19H22O4/c1-13(11-18(20)22-3)12-19(21)23-14(2)16-10-6-8-15-7-4-5-9-17(15)16/h4-10,13-14H,11-12H2,1-3H3/t13-,14-/m0/s1. The van der Waals surface area contributed by atoms with Crippen LogP contribution in [0, 0.1) is 5.92 Å². The number of fused-ring (bicyclic) bond motifs is 1. The van der Waals surface area contributed by atoms with Crippen LogP contribution in [0.4, 0.5) is 0 Å². The van der Waals surface area contributed by atoms with Crippen molar-refractivity contribution in [3.8, 4) is 0 Å². The van der Waals surface area contributed by atoms with Crippen molar-refractivity contribution in [3.05, 3.63) is 48.0 Å². The van der Waals surface area contributed by atoms with Crippen LogP contribution in [0.15, 0.2) is 42.5 Å². The molecule has 0 N–H and O–H groups in total. The number of methoxy groups -OCH3 is 1. The van der Waals surface area contributed by atoms with Gasteiger partial charge in [-0.05, 0) is 29.2 Å². The predicted octanol–water partition coefficient (Wildman–Crippen LogP) is 4.03. The largest absolute Gasteiger partial charge is 0.469 e. The van der Waals surface area contributed by atoms with Gasteiger partial charge in [0.2, 0.25) is 0 Å². The number of rotatable bonds is 6. The van der Waals surface area contributed by atoms with Crippen molar-refractivity contribution >= 4 is 22.7 Å². The highest BCUT2D eigenvalue weighted by Crippen LogP contribution is 2.27. The lowest BCUT2D eigenvalue weighted by Gasteiger charge is -2.17. The lowest BCUT2D eigenvalue weighted by Crippen LogP contribution is -2.15. The molecule has 122 valence electrons. The summed E-state index contributed by atoms with van der Waals surface area (Å²) in [5.41, 5.74) is 0.983. The molecule has 0 fully saturated rings. The molecule has 0 aromatic heterocycles. The third-order valence-electron chi connectivity index (χ3n) is 3.83. The molecular weight excluding hydrogens is 292 g/mol. The van der Waals surface area contributed by atoms with Crippen LogP contribution in [0.1, 0.15) is 38.4 Å². The van der Waals surface area contributed by atoms with E-state index >= 15 is 0 Å². The normalized spacial score (nSPS) is 13.3. The van der Waals surface area contributed by atoms with Crippen molar-refractivity contribution in [2.75, 3.05) is 7.11 Å². The summed E-state index contributed by atoms with van der Waals surface area (Å²) in [6, 6.07) is 14.0. The van der Waals surface area contributed by atoms with Gasteiger partial charge in [-0.15, -0.1) is 0 Å². The van der Waals surface area contributed by atoms with E-state index in [0.717, 1.165) is 16.3 Å². The second-order valence-electron chi connectivity index (χ2n) is 5.79. The zero-order valence-electron chi connectivity index (χ0n) is 13.7. The minimum atomic E-state index is -0.334. The molecule has 0 radical (unpaired) electrons. The molecule has 0 saturated carbocycles. The van der Waals surface area contributed by atoms with Crippen molar-refractivity contribution in [3.63, 3.8) is 0 Å². The molecule has 0 bridgehead atoms. The summed E-state index contributed by atoms with van der Waals surface area (Å²) >= 11 is 0. The number of carbonyl (C=O) groups excluding carboxylic acids is 2. The fraction of sp³-hybridized carbons (Fsp3) is 0.368. The highest BCUT2D eigenvalue weighted by Gasteiger charge is 2.18. The Hall–Kier alpha value is -2.36. The zero-order valence-corrected chi connectivity index (χ0v) is 13.7. The number of carbonyl (C=O) groups is 2. The number of hydrogen-bond acceptors (Lipinski definition) is 4. The van der Waals surface area contributed by atoms with E-state index in [1.165, 1.54) is 7.11 Å². The van der Waals surface area contributed by atoms with Crippen LogP contribution >= 0.6 is 0 Å². The van der Waals surface area contributed by atoms with Gasteiger partial charge in [-0.1, -0.05) is 49.4 Å². The molecule has 2 rings (SSSR count). The Morgan fingerprint density at radius 2 is 1.61 bits per heavy atom. The third kappa shape index (κ3) is 4.55. The third-order valence-corrected chi connectivity index (χ3v) is 3.83. The summed E-state index contributed by atoms with van der Waals surface area (Å²) in [7, 11) is 1.34. The van der Waals surface area contributed by atoms with Gasteiger partial charge in [0.1, 0.15) is 6.10 Å². The van der Waals surface area contributed by atoms with E-state index in [1.54, 1.807) is 0 Å². The van der Waals surface area contributed by atoms with Gasteiger partial charge in [-0.25, -0.2) is 0 Å². The molecule has 0 spiro atoms. The average molecular weight is 314 g/mol. The van der Waals surface area contributed by atoms with Crippen molar-refractivity contribution in [1.82, 2.24) is 0 Å². The summed E-state index contributed by atoms with van der Waals surface area (Å²) in [5.74, 6) is -0.719. The Kier molecular flexibility index (Phi) is 5.74. The summed E-state index contributed by atoms with van der Waals surface area (Å²) < 4.78 is 10.1. The minimum Gasteiger partial charge on any atom is -0.469 e. The molecular formula is C19H22O4. The Labute approximate surface area is 136 Å². The van der Waals surface area contributed by atoms with Gasteiger partial charge in [-0.2, -0.15) is 0 Å². The van der Waals surface area contributed by atoms with Crippen LogP contribution in [0.5, 0.6) is 0 Å². The molecule has 2 atom stereocenters. The van der Waals surface area contributed by atoms with E-state index in [4.69, 9.17) is 4.74 Å². The molecule has 0 aliphatic carbocycles. The summed E-state index contributed by atoms with van der Waals surface area (Å²) in [6.07, 6.45) is 0.0808. The van der Waals surface area contributed by atoms with Crippen LogP contribution in [0.2, 0.25) is 0 Å². The molecule has 0 aliphatic heterocycles. The SMILES string of the molecule is COC(=O)C[C@H](C)CC(=O)O[C@@H](C)c1cccc2ccccc12. The van der Waals surface area contributed by atoms with E-state index in [2.05, 4.69) is 4.74 Å². The number of hydrogen-bond donors (Lipinski definition) is 0. The molecule has 0 aliphatic rings. The van der Waals surface area contributed by atoms with Gasteiger partial charge < -0.3 is 9.47 Å². The van der Waals surface area contributed by atoms with Gasteiger partial charge in [0.15, 0.2) is 0 Å². The first-order valence-electron chi connectivity index (χ1n) is 7.75. The van der Waals surface area contributed by atoms with Crippen molar-refractivity contribution < 1.29 is 19.1 Å². The van der Waals surface area contributed by atoms with E-state index < -0.39 is 0 Å². The topological polar surface area (TPSA) is 52.6 Å². The molecule has 2 aromatic carbocycles. The summed E-state index contributed by atoms with van der Waals surface area (Å²) in [5, 5.41) is 2.20. The fourth-order valence-electron chi connectivity index (χ4n) is 2.64. The van der Waals surface area contributed by atoms with Gasteiger partial charge in [0.05, 0.1) is 7.11 Å². The van der Waals surface area contributed by atoms with Crippen LogP contribution in [-0.4, -0.2) is 19.0 Å². The van der Waals surface area contributed by atoms with Crippen LogP contribution in [-0.2, 0) is 19.1 Å². The monoisotopic (exact) mass is 314 g/mol. The maximum absolute atomic E-state index is 12.1. The van der Waals surface area contributed by atoms with Gasteiger partial charge in [0, 0.05) is 12.8 Å². The lowest BCUT2D eigenvalue weighted by atomic mass is 10.0. The van der Waals surface area contributed by atoms with Gasteiger partial charge in [0.25, 0.3) is 0 Å². The van der Waals surface area contributed by atoms with E-state index in [1.807, 2.05) is 56.3 Å². The molecule has 4 heteroatoms.